The molecule has 3 atom stereocenters. The van der Waals surface area contributed by atoms with E-state index in [-0.39, 0.29) is 11.3 Å². The van der Waals surface area contributed by atoms with Gasteiger partial charge < -0.3 is 5.11 Å². The van der Waals surface area contributed by atoms with Crippen LogP contribution >= 0.6 is 23.2 Å². The maximum Gasteiger partial charge on any atom is 0.0826 e. The summed E-state index contributed by atoms with van der Waals surface area (Å²) in [6.45, 7) is 6.76. The van der Waals surface area contributed by atoms with Gasteiger partial charge >= 0.3 is 0 Å². The molecule has 3 heteroatoms. The zero-order chi connectivity index (χ0) is 14.2. The number of aliphatic hydroxyl groups excluding tert-OH is 1. The van der Waals surface area contributed by atoms with Gasteiger partial charge in [0.2, 0.25) is 0 Å². The van der Waals surface area contributed by atoms with E-state index < -0.39 is 6.10 Å². The summed E-state index contributed by atoms with van der Waals surface area (Å²) in [7, 11) is 0. The molecule has 1 aromatic rings. The average molecular weight is 301 g/mol. The number of hydrogen-bond acceptors (Lipinski definition) is 1. The van der Waals surface area contributed by atoms with E-state index in [9.17, 15) is 5.11 Å². The van der Waals surface area contributed by atoms with Crippen LogP contribution in [0.25, 0.3) is 0 Å². The molecule has 0 heterocycles. The molecule has 0 radical (unpaired) electrons. The van der Waals surface area contributed by atoms with Crippen molar-refractivity contribution in [2.45, 2.75) is 46.1 Å². The molecular formula is C16H22Cl2O. The smallest absolute Gasteiger partial charge is 0.0826 e. The highest BCUT2D eigenvalue weighted by Crippen LogP contribution is 2.49. The number of benzene rings is 1. The molecule has 1 unspecified atom stereocenters. The van der Waals surface area contributed by atoms with Crippen LogP contribution in [0.5, 0.6) is 0 Å². The number of hydrogen-bond donors (Lipinski definition) is 1. The Hall–Kier alpha value is -0.240. The minimum absolute atomic E-state index is 0.156. The predicted octanol–water partition coefficient (Wildman–Crippen LogP) is 5.49. The van der Waals surface area contributed by atoms with Gasteiger partial charge in [-0.25, -0.2) is 0 Å². The normalized spacial score (nSPS) is 28.1. The number of aliphatic hydroxyl groups is 1. The van der Waals surface area contributed by atoms with Crippen LogP contribution in [-0.2, 0) is 0 Å². The van der Waals surface area contributed by atoms with Crippen molar-refractivity contribution in [2.75, 3.05) is 0 Å². The zero-order valence-corrected chi connectivity index (χ0v) is 13.3. The first kappa shape index (κ1) is 15.2. The lowest BCUT2D eigenvalue weighted by Gasteiger charge is -2.45. The van der Waals surface area contributed by atoms with Crippen molar-refractivity contribution in [3.63, 3.8) is 0 Å². The first-order valence-corrected chi connectivity index (χ1v) is 7.71. The molecule has 1 nitrogen and oxygen atoms in total. The van der Waals surface area contributed by atoms with E-state index in [1.54, 1.807) is 12.1 Å². The molecule has 2 rings (SSSR count). The molecule has 1 aliphatic rings. The van der Waals surface area contributed by atoms with Crippen molar-refractivity contribution in [3.05, 3.63) is 33.8 Å². The van der Waals surface area contributed by atoms with Crippen molar-refractivity contribution >= 4 is 23.2 Å². The Morgan fingerprint density at radius 1 is 1.26 bits per heavy atom. The molecule has 0 aliphatic heterocycles. The van der Waals surface area contributed by atoms with Crippen molar-refractivity contribution in [2.24, 2.45) is 17.3 Å². The third-order valence-corrected chi connectivity index (χ3v) is 5.36. The Morgan fingerprint density at radius 3 is 2.53 bits per heavy atom. The second-order valence-corrected chi connectivity index (χ2v) is 7.32. The number of halogens is 2. The summed E-state index contributed by atoms with van der Waals surface area (Å²) in [6, 6.07) is 5.45. The lowest BCUT2D eigenvalue weighted by Crippen LogP contribution is -2.37. The van der Waals surface area contributed by atoms with E-state index in [1.165, 1.54) is 19.3 Å². The van der Waals surface area contributed by atoms with Gasteiger partial charge in [-0.15, -0.1) is 0 Å². The van der Waals surface area contributed by atoms with Gasteiger partial charge in [-0.2, -0.15) is 0 Å². The first-order chi connectivity index (χ1) is 8.83. The maximum absolute atomic E-state index is 10.8. The van der Waals surface area contributed by atoms with Gasteiger partial charge in [0.1, 0.15) is 0 Å². The molecule has 19 heavy (non-hydrogen) atoms. The summed E-state index contributed by atoms with van der Waals surface area (Å²) in [5.74, 6) is 0.784. The van der Waals surface area contributed by atoms with Gasteiger partial charge in [0.05, 0.1) is 16.1 Å². The van der Waals surface area contributed by atoms with Crippen LogP contribution in [0.1, 0.15) is 51.7 Å². The summed E-state index contributed by atoms with van der Waals surface area (Å²) in [5.41, 5.74) is 1.03. The van der Waals surface area contributed by atoms with Gasteiger partial charge in [0, 0.05) is 0 Å². The molecule has 0 aromatic heterocycles. The summed E-state index contributed by atoms with van der Waals surface area (Å²) in [6.07, 6.45) is 3.13. The molecule has 1 aliphatic carbocycles. The van der Waals surface area contributed by atoms with Crippen LogP contribution in [0.3, 0.4) is 0 Å². The van der Waals surface area contributed by atoms with Crippen molar-refractivity contribution in [1.82, 2.24) is 0 Å². The van der Waals surface area contributed by atoms with Crippen LogP contribution in [0.2, 0.25) is 10.0 Å². The molecule has 1 saturated carbocycles. The molecular weight excluding hydrogens is 279 g/mol. The quantitative estimate of drug-likeness (QED) is 0.766. The lowest BCUT2D eigenvalue weighted by atomic mass is 9.61. The topological polar surface area (TPSA) is 20.2 Å². The average Bonchev–Trinajstić information content (AvgIpc) is 2.31. The van der Waals surface area contributed by atoms with E-state index >= 15 is 0 Å². The van der Waals surface area contributed by atoms with Crippen LogP contribution in [0.15, 0.2) is 18.2 Å². The summed E-state index contributed by atoms with van der Waals surface area (Å²) in [5, 5.41) is 11.8. The summed E-state index contributed by atoms with van der Waals surface area (Å²) < 4.78 is 0. The molecule has 1 aromatic carbocycles. The van der Waals surface area contributed by atoms with Gasteiger partial charge in [-0.05, 0) is 41.4 Å². The molecule has 1 N–H and O–H groups in total. The Morgan fingerprint density at radius 2 is 1.95 bits per heavy atom. The first-order valence-electron chi connectivity index (χ1n) is 6.96. The molecule has 106 valence electrons. The van der Waals surface area contributed by atoms with Gasteiger partial charge in [0.15, 0.2) is 0 Å². The highest BCUT2D eigenvalue weighted by molar-refractivity contribution is 6.42. The SMILES string of the molecule is C[C@H]1CCCC(C)(C)[C@@H]1C(O)c1ccc(Cl)c(Cl)c1. The van der Waals surface area contributed by atoms with Crippen molar-refractivity contribution in [3.8, 4) is 0 Å². The molecule has 0 amide bonds. The molecule has 0 saturated heterocycles. The van der Waals surface area contributed by atoms with Crippen molar-refractivity contribution < 1.29 is 5.11 Å². The second kappa shape index (κ2) is 5.63. The standard InChI is InChI=1S/C16H22Cl2O/c1-10-5-4-8-16(2,3)14(10)15(19)11-6-7-12(17)13(18)9-11/h6-7,9-10,14-15,19H,4-5,8H2,1-3H3/t10-,14-,15?/m0/s1. The summed E-state index contributed by atoms with van der Waals surface area (Å²) in [4.78, 5) is 0. The Labute approximate surface area is 125 Å². The zero-order valence-electron chi connectivity index (χ0n) is 11.8. The Kier molecular flexibility index (Phi) is 4.49. The van der Waals surface area contributed by atoms with Gasteiger partial charge in [-0.1, -0.05) is 62.9 Å². The third kappa shape index (κ3) is 3.09. The van der Waals surface area contributed by atoms with E-state index in [4.69, 9.17) is 23.2 Å². The minimum Gasteiger partial charge on any atom is -0.388 e. The Balaban J connectivity index is 2.30. The van der Waals surface area contributed by atoms with Crippen LogP contribution in [0.4, 0.5) is 0 Å². The van der Waals surface area contributed by atoms with Crippen LogP contribution in [-0.4, -0.2) is 5.11 Å². The van der Waals surface area contributed by atoms with Crippen LogP contribution < -0.4 is 0 Å². The maximum atomic E-state index is 10.8. The van der Waals surface area contributed by atoms with Crippen LogP contribution in [0, 0.1) is 17.3 Å². The highest BCUT2D eigenvalue weighted by Gasteiger charge is 2.41. The van der Waals surface area contributed by atoms with Gasteiger partial charge in [0.25, 0.3) is 0 Å². The second-order valence-electron chi connectivity index (χ2n) is 6.50. The lowest BCUT2D eigenvalue weighted by molar-refractivity contribution is -0.0292. The number of rotatable bonds is 2. The fraction of sp³-hybridized carbons (Fsp3) is 0.625. The third-order valence-electron chi connectivity index (χ3n) is 4.62. The predicted molar refractivity (Wildman–Crippen MR) is 81.7 cm³/mol. The van der Waals surface area contributed by atoms with E-state index in [2.05, 4.69) is 20.8 Å². The fourth-order valence-electron chi connectivity index (χ4n) is 3.64. The molecule has 0 bridgehead atoms. The van der Waals surface area contributed by atoms with E-state index in [0.717, 1.165) is 5.56 Å². The fourth-order valence-corrected chi connectivity index (χ4v) is 3.94. The molecule has 0 spiro atoms. The minimum atomic E-state index is -0.472. The molecule has 1 fully saturated rings. The largest absolute Gasteiger partial charge is 0.388 e. The Bertz CT molecular complexity index is 456. The van der Waals surface area contributed by atoms with E-state index in [0.29, 0.717) is 16.0 Å². The van der Waals surface area contributed by atoms with Crippen molar-refractivity contribution in [1.29, 1.82) is 0 Å². The highest BCUT2D eigenvalue weighted by atomic mass is 35.5. The van der Waals surface area contributed by atoms with E-state index in [1.807, 2.05) is 6.07 Å². The summed E-state index contributed by atoms with van der Waals surface area (Å²) >= 11 is 12.0. The monoisotopic (exact) mass is 300 g/mol. The van der Waals surface area contributed by atoms with Gasteiger partial charge in [-0.3, -0.25) is 0 Å².